The van der Waals surface area contributed by atoms with Crippen molar-refractivity contribution in [1.29, 1.82) is 0 Å². The Bertz CT molecular complexity index is 674. The molecule has 4 nitrogen and oxygen atoms in total. The number of halogens is 3. The summed E-state index contributed by atoms with van der Waals surface area (Å²) in [6, 6.07) is 1.87. The zero-order valence-corrected chi connectivity index (χ0v) is 13.7. The van der Waals surface area contributed by atoms with Gasteiger partial charge in [-0.2, -0.15) is 0 Å². The molecule has 0 heterocycles. The van der Waals surface area contributed by atoms with Crippen molar-refractivity contribution in [2.75, 3.05) is 0 Å². The lowest BCUT2D eigenvalue weighted by Gasteiger charge is -2.39. The van der Waals surface area contributed by atoms with Crippen molar-refractivity contribution in [2.45, 2.75) is 36.6 Å². The molecule has 0 spiro atoms. The van der Waals surface area contributed by atoms with E-state index in [0.29, 0.717) is 0 Å². The van der Waals surface area contributed by atoms with Gasteiger partial charge in [-0.05, 0) is 54.2 Å². The first kappa shape index (κ1) is 15.7. The summed E-state index contributed by atoms with van der Waals surface area (Å²) in [6.07, 6.45) is 2.75. The van der Waals surface area contributed by atoms with Crippen LogP contribution in [0.3, 0.4) is 0 Å². The van der Waals surface area contributed by atoms with E-state index < -0.39 is 25.7 Å². The van der Waals surface area contributed by atoms with Crippen LogP contribution in [0.15, 0.2) is 21.5 Å². The molecule has 1 aliphatic carbocycles. The van der Waals surface area contributed by atoms with Gasteiger partial charge in [-0.3, -0.25) is 4.79 Å². The molecule has 20 heavy (non-hydrogen) atoms. The Morgan fingerprint density at radius 2 is 2.05 bits per heavy atom. The van der Waals surface area contributed by atoms with Crippen molar-refractivity contribution in [3.05, 3.63) is 28.0 Å². The summed E-state index contributed by atoms with van der Waals surface area (Å²) in [5.74, 6) is -1.46. The van der Waals surface area contributed by atoms with Crippen molar-refractivity contribution >= 4 is 41.6 Å². The molecule has 0 bridgehead atoms. The molecule has 0 aromatic heterocycles. The first-order valence-electron chi connectivity index (χ1n) is 5.89. The van der Waals surface area contributed by atoms with Crippen molar-refractivity contribution < 1.29 is 17.6 Å². The summed E-state index contributed by atoms with van der Waals surface area (Å²) in [6.45, 7) is 1.91. The Labute approximate surface area is 129 Å². The molecular formula is C12H12BrClFNO3S. The summed E-state index contributed by atoms with van der Waals surface area (Å²) >= 11 is 3.06. The number of hydrogen-bond donors (Lipinski definition) is 1. The highest BCUT2D eigenvalue weighted by atomic mass is 79.9. The third kappa shape index (κ3) is 3.15. The molecule has 1 saturated carbocycles. The number of amides is 1. The normalized spacial score (nSPS) is 17.4. The van der Waals surface area contributed by atoms with Gasteiger partial charge in [-0.25, -0.2) is 12.8 Å². The van der Waals surface area contributed by atoms with Crippen LogP contribution in [0.2, 0.25) is 0 Å². The van der Waals surface area contributed by atoms with Gasteiger partial charge in [-0.15, -0.1) is 0 Å². The van der Waals surface area contributed by atoms with Crippen molar-refractivity contribution in [3.8, 4) is 0 Å². The highest BCUT2D eigenvalue weighted by Crippen LogP contribution is 2.32. The first-order valence-corrected chi connectivity index (χ1v) is 8.99. The predicted molar refractivity (Wildman–Crippen MR) is 76.9 cm³/mol. The molecule has 1 aromatic carbocycles. The number of carbonyl (C=O) groups excluding carboxylic acids is 1. The minimum Gasteiger partial charge on any atom is -0.347 e. The van der Waals surface area contributed by atoms with Gasteiger partial charge in [0.2, 0.25) is 0 Å². The van der Waals surface area contributed by atoms with Crippen LogP contribution < -0.4 is 5.32 Å². The number of carbonyl (C=O) groups is 1. The second kappa shape index (κ2) is 5.27. The number of nitrogens with one attached hydrogen (secondary N) is 1. The molecule has 1 fully saturated rings. The quantitative estimate of drug-likeness (QED) is 0.814. The lowest BCUT2D eigenvalue weighted by Crippen LogP contribution is -2.51. The van der Waals surface area contributed by atoms with E-state index in [1.165, 1.54) is 0 Å². The van der Waals surface area contributed by atoms with E-state index in [1.807, 2.05) is 6.92 Å². The minimum absolute atomic E-state index is 0.0405. The molecule has 110 valence electrons. The molecule has 1 aromatic rings. The Hall–Kier alpha value is -0.660. The topological polar surface area (TPSA) is 63.2 Å². The van der Waals surface area contributed by atoms with Crippen molar-refractivity contribution in [1.82, 2.24) is 5.32 Å². The highest BCUT2D eigenvalue weighted by Gasteiger charge is 2.34. The van der Waals surface area contributed by atoms with E-state index in [9.17, 15) is 17.6 Å². The van der Waals surface area contributed by atoms with Crippen LogP contribution in [-0.4, -0.2) is 19.9 Å². The largest absolute Gasteiger partial charge is 0.347 e. The second-order valence-electron chi connectivity index (χ2n) is 5.07. The summed E-state index contributed by atoms with van der Waals surface area (Å²) < 4.78 is 36.3. The Kier molecular flexibility index (Phi) is 4.15. The van der Waals surface area contributed by atoms with Crippen LogP contribution in [-0.2, 0) is 9.05 Å². The zero-order valence-electron chi connectivity index (χ0n) is 10.5. The van der Waals surface area contributed by atoms with E-state index in [0.717, 1.165) is 31.4 Å². The molecule has 1 N–H and O–H groups in total. The van der Waals surface area contributed by atoms with Crippen LogP contribution in [0.25, 0.3) is 0 Å². The SMILES string of the molecule is CC1(NC(=O)c2cc(S(=O)(=O)Cl)c(F)cc2Br)CCC1. The lowest BCUT2D eigenvalue weighted by atomic mass is 9.78. The number of benzene rings is 1. The van der Waals surface area contributed by atoms with Crippen LogP contribution in [0.4, 0.5) is 4.39 Å². The predicted octanol–water partition coefficient (Wildman–Crippen LogP) is 3.19. The molecule has 0 saturated heterocycles. The van der Waals surface area contributed by atoms with Crippen molar-refractivity contribution in [3.63, 3.8) is 0 Å². The number of hydrogen-bond acceptors (Lipinski definition) is 3. The Balaban J connectivity index is 2.38. The van der Waals surface area contributed by atoms with Gasteiger partial charge in [0, 0.05) is 20.7 Å². The van der Waals surface area contributed by atoms with E-state index in [-0.39, 0.29) is 15.6 Å². The van der Waals surface area contributed by atoms with E-state index in [1.54, 1.807) is 0 Å². The van der Waals surface area contributed by atoms with Gasteiger partial charge >= 0.3 is 0 Å². The molecule has 8 heteroatoms. The summed E-state index contributed by atoms with van der Waals surface area (Å²) in [5.41, 5.74) is -0.246. The second-order valence-corrected chi connectivity index (χ2v) is 8.46. The van der Waals surface area contributed by atoms with E-state index in [2.05, 4.69) is 21.2 Å². The maximum Gasteiger partial charge on any atom is 0.264 e. The maximum atomic E-state index is 13.6. The van der Waals surface area contributed by atoms with E-state index >= 15 is 0 Å². The monoisotopic (exact) mass is 383 g/mol. The molecule has 0 radical (unpaired) electrons. The molecule has 0 aliphatic heterocycles. The van der Waals surface area contributed by atoms with E-state index in [4.69, 9.17) is 10.7 Å². The fourth-order valence-corrected chi connectivity index (χ4v) is 3.46. The Morgan fingerprint density at radius 1 is 1.45 bits per heavy atom. The average molecular weight is 385 g/mol. The third-order valence-corrected chi connectivity index (χ3v) is 5.39. The van der Waals surface area contributed by atoms with Crippen LogP contribution in [0, 0.1) is 5.82 Å². The fraction of sp³-hybridized carbons (Fsp3) is 0.417. The number of rotatable bonds is 3. The Morgan fingerprint density at radius 3 is 2.50 bits per heavy atom. The summed E-state index contributed by atoms with van der Waals surface area (Å²) in [4.78, 5) is 11.5. The average Bonchev–Trinajstić information content (AvgIpc) is 2.24. The maximum absolute atomic E-state index is 13.6. The highest BCUT2D eigenvalue weighted by molar-refractivity contribution is 9.10. The molecule has 1 amide bonds. The smallest absolute Gasteiger partial charge is 0.264 e. The van der Waals surface area contributed by atoms with Gasteiger partial charge in [0.15, 0.2) is 0 Å². The molecule has 2 rings (SSSR count). The third-order valence-electron chi connectivity index (χ3n) is 3.40. The van der Waals surface area contributed by atoms with Crippen LogP contribution >= 0.6 is 26.6 Å². The first-order chi connectivity index (χ1) is 9.12. The van der Waals surface area contributed by atoms with Gasteiger partial charge in [0.1, 0.15) is 10.7 Å². The van der Waals surface area contributed by atoms with Gasteiger partial charge in [-0.1, -0.05) is 0 Å². The van der Waals surface area contributed by atoms with Gasteiger partial charge in [0.25, 0.3) is 15.0 Å². The van der Waals surface area contributed by atoms with Gasteiger partial charge in [0.05, 0.1) is 5.56 Å². The van der Waals surface area contributed by atoms with Crippen molar-refractivity contribution in [2.24, 2.45) is 0 Å². The lowest BCUT2D eigenvalue weighted by molar-refractivity contribution is 0.0849. The molecule has 0 atom stereocenters. The van der Waals surface area contributed by atoms with Gasteiger partial charge < -0.3 is 5.32 Å². The molecule has 0 unspecified atom stereocenters. The summed E-state index contributed by atoms with van der Waals surface area (Å²) in [7, 11) is 0.904. The zero-order chi connectivity index (χ0) is 15.1. The fourth-order valence-electron chi connectivity index (χ4n) is 2.06. The minimum atomic E-state index is -4.25. The molecule has 1 aliphatic rings. The molecular weight excluding hydrogens is 373 g/mol. The summed E-state index contributed by atoms with van der Waals surface area (Å²) in [5, 5.41) is 2.82. The standard InChI is InChI=1S/C12H12BrClFNO3S/c1-12(3-2-4-12)16-11(17)7-5-10(20(14,18)19)9(15)6-8(7)13/h5-6H,2-4H2,1H3,(H,16,17). The van der Waals surface area contributed by atoms with Crippen LogP contribution in [0.1, 0.15) is 36.5 Å². The van der Waals surface area contributed by atoms with Crippen LogP contribution in [0.5, 0.6) is 0 Å².